The molecule has 0 aliphatic rings. The number of rotatable bonds is 18. The molecule has 0 amide bonds. The van der Waals surface area contributed by atoms with E-state index in [9.17, 15) is 24.1 Å². The second kappa shape index (κ2) is 18.7. The maximum absolute atomic E-state index is 13.7. The van der Waals surface area contributed by atoms with Gasteiger partial charge in [-0.1, -0.05) is 0 Å². The zero-order valence-electron chi connectivity index (χ0n) is 23.5. The van der Waals surface area contributed by atoms with Crippen molar-refractivity contribution in [3.8, 4) is 0 Å². The van der Waals surface area contributed by atoms with E-state index >= 15 is 0 Å². The molecule has 0 spiro atoms. The molecule has 3 N–H and O–H groups in total. The number of nitrogens with two attached hydrogens (primary N) is 1. The molecule has 0 radical (unpaired) electrons. The Morgan fingerprint density at radius 2 is 1.43 bits per heavy atom. The third kappa shape index (κ3) is 14.2. The number of hydrogen-bond acceptors (Lipinski definition) is 10. The van der Waals surface area contributed by atoms with Gasteiger partial charge in [-0.05, 0) is 0 Å². The molecule has 4 unspecified atom stereocenters. The fourth-order valence-corrected chi connectivity index (χ4v) is 8.34. The topological polar surface area (TPSA) is 182 Å². The van der Waals surface area contributed by atoms with Crippen LogP contribution in [0.2, 0.25) is 10.4 Å². The summed E-state index contributed by atoms with van der Waals surface area (Å²) in [6, 6.07) is 8.97. The van der Waals surface area contributed by atoms with Crippen LogP contribution in [0, 0.1) is 0 Å². The van der Waals surface area contributed by atoms with E-state index in [2.05, 4.69) is 4.76 Å². The molecule has 226 valence electrons. The molecule has 15 heteroatoms. The fourth-order valence-electron chi connectivity index (χ4n) is 3.01. The summed E-state index contributed by atoms with van der Waals surface area (Å²) in [4.78, 5) is 35.9. The molecule has 0 fully saturated rings. The number of aliphatic carboxylic acids is 1. The number of hydrogen-bond donors (Lipinski definition) is 2. The number of amidine groups is 1. The molecule has 0 aliphatic heterocycles. The van der Waals surface area contributed by atoms with Crippen molar-refractivity contribution >= 4 is 45.3 Å². The Morgan fingerprint density at radius 1 is 0.950 bits per heavy atom. The normalized spacial score (nSPS) is 16.1. The van der Waals surface area contributed by atoms with Crippen molar-refractivity contribution < 1.29 is 52.1 Å². The van der Waals surface area contributed by atoms with Gasteiger partial charge in [-0.3, -0.25) is 0 Å². The van der Waals surface area contributed by atoms with Gasteiger partial charge in [0.05, 0.1) is 0 Å². The molecule has 13 nitrogen and oxygen atoms in total. The minimum absolute atomic E-state index is 0.119. The van der Waals surface area contributed by atoms with Gasteiger partial charge in [0.2, 0.25) is 0 Å². The first-order valence-electron chi connectivity index (χ1n) is 12.9. The average Bonchev–Trinajstić information content (AvgIpc) is 2.87. The van der Waals surface area contributed by atoms with Crippen LogP contribution in [0.15, 0.2) is 35.1 Å². The predicted molar refractivity (Wildman–Crippen MR) is 148 cm³/mol. The summed E-state index contributed by atoms with van der Waals surface area (Å²) in [7, 11) is -4.63. The van der Waals surface area contributed by atoms with Gasteiger partial charge in [0, 0.05) is 0 Å². The summed E-state index contributed by atoms with van der Waals surface area (Å²) < 4.78 is 46.9. The van der Waals surface area contributed by atoms with E-state index in [1.165, 1.54) is 13.8 Å². The van der Waals surface area contributed by atoms with Crippen LogP contribution in [0.3, 0.4) is 0 Å². The van der Waals surface area contributed by atoms with Crippen molar-refractivity contribution in [1.29, 1.82) is 0 Å². The number of carboxylic acid groups (broad SMARTS) is 1. The van der Waals surface area contributed by atoms with Gasteiger partial charge < -0.3 is 0 Å². The van der Waals surface area contributed by atoms with Gasteiger partial charge in [0.25, 0.3) is 0 Å². The zero-order valence-corrected chi connectivity index (χ0v) is 26.3. The molecular weight excluding hydrogens is 610 g/mol. The molecule has 0 aliphatic carbocycles. The standard InChI is InChI=1S/C25H40AsN2O11P/c1-6-8-15-34-24(31)36-18(3)38-40(33,39-19(4)37-25(32)35-16-9-7-2)28-23(27)26(5)21(22(29)30)17-20-13-11-10-12-14-20/h10-14,18-19,21H,6-9,15-17H2,1-5H3,(H,29,30)(H2,27,28,33). The van der Waals surface area contributed by atoms with Gasteiger partial charge >= 0.3 is 240 Å². The Balaban J connectivity index is 3.12. The summed E-state index contributed by atoms with van der Waals surface area (Å²) in [5.74, 6) is -1.08. The van der Waals surface area contributed by atoms with Crippen molar-refractivity contribution in [2.75, 3.05) is 13.2 Å². The Hall–Kier alpha value is -2.59. The first-order valence-corrected chi connectivity index (χ1v) is 18.3. The monoisotopic (exact) mass is 650 g/mol. The number of unbranched alkanes of at least 4 members (excludes halogenated alkanes) is 2. The second-order valence-electron chi connectivity index (χ2n) is 8.57. The van der Waals surface area contributed by atoms with E-state index < -0.39 is 58.0 Å². The number of nitrogens with zero attached hydrogens (tertiary/aromatic N) is 1. The predicted octanol–water partition coefficient (Wildman–Crippen LogP) is 5.44. The first kappa shape index (κ1) is 35.4. The third-order valence-electron chi connectivity index (χ3n) is 5.13. The molecule has 40 heavy (non-hydrogen) atoms. The summed E-state index contributed by atoms with van der Waals surface area (Å²) in [6.45, 7) is 6.58. The molecule has 0 bridgehead atoms. The van der Waals surface area contributed by atoms with Crippen LogP contribution in [0.25, 0.3) is 0 Å². The van der Waals surface area contributed by atoms with E-state index in [1.54, 1.807) is 30.0 Å². The van der Waals surface area contributed by atoms with E-state index in [0.717, 1.165) is 18.4 Å². The number of carbonyl (C=O) groups is 3. The van der Waals surface area contributed by atoms with E-state index in [1.807, 2.05) is 19.9 Å². The molecule has 0 heterocycles. The van der Waals surface area contributed by atoms with Crippen LogP contribution in [0.5, 0.6) is 0 Å². The third-order valence-corrected chi connectivity index (χ3v) is 11.6. The van der Waals surface area contributed by atoms with Gasteiger partial charge in [0.1, 0.15) is 0 Å². The van der Waals surface area contributed by atoms with E-state index in [4.69, 9.17) is 33.7 Å². The molecule has 1 aromatic rings. The summed E-state index contributed by atoms with van der Waals surface area (Å²) >= 11 is -2.68. The quantitative estimate of drug-likeness (QED) is 0.0391. The first-order chi connectivity index (χ1) is 18.9. The molecule has 0 saturated carbocycles. The molecule has 4 atom stereocenters. The van der Waals surface area contributed by atoms with E-state index in [0.29, 0.717) is 12.8 Å². The van der Waals surface area contributed by atoms with Gasteiger partial charge in [-0.2, -0.15) is 0 Å². The molecule has 0 saturated heterocycles. The van der Waals surface area contributed by atoms with Crippen molar-refractivity contribution in [2.24, 2.45) is 10.5 Å². The number of carbonyl (C=O) groups excluding carboxylic acids is 2. The van der Waals surface area contributed by atoms with Crippen LogP contribution in [0.4, 0.5) is 9.59 Å². The van der Waals surface area contributed by atoms with Crippen LogP contribution in [0.1, 0.15) is 58.9 Å². The Kier molecular flexibility index (Phi) is 16.6. The SMILES string of the molecule is CCCCOC(=O)OC(C)OP(=O)(N=C(N)[As](C)C(Cc1ccccc1)C(=O)O)OC(C)OC(=O)OCCCC. The Labute approximate surface area is 239 Å². The molecule has 1 rings (SSSR count). The number of ether oxygens (including phenoxy) is 4. The molecule has 1 aromatic carbocycles. The van der Waals surface area contributed by atoms with Crippen molar-refractivity contribution in [2.45, 2.75) is 82.8 Å². The Bertz CT molecular complexity index is 976. The van der Waals surface area contributed by atoms with Crippen LogP contribution in [-0.4, -0.2) is 68.5 Å². The second-order valence-corrected chi connectivity index (χ2v) is 15.0. The van der Waals surface area contributed by atoms with Gasteiger partial charge in [-0.25, -0.2) is 0 Å². The molecular formula is C25H40AsN2O11P. The summed E-state index contributed by atoms with van der Waals surface area (Å²) in [5, 5.41) is 9.87. The van der Waals surface area contributed by atoms with Gasteiger partial charge in [-0.15, -0.1) is 0 Å². The number of carboxylic acids is 1. The van der Waals surface area contributed by atoms with Crippen LogP contribution >= 0.6 is 7.75 Å². The van der Waals surface area contributed by atoms with Crippen molar-refractivity contribution in [3.05, 3.63) is 35.9 Å². The van der Waals surface area contributed by atoms with E-state index in [-0.39, 0.29) is 24.3 Å². The van der Waals surface area contributed by atoms with Crippen molar-refractivity contribution in [1.82, 2.24) is 0 Å². The minimum atomic E-state index is -4.63. The van der Waals surface area contributed by atoms with Crippen LogP contribution in [-0.2, 0) is 43.8 Å². The average molecular weight is 650 g/mol. The van der Waals surface area contributed by atoms with Crippen molar-refractivity contribution in [3.63, 3.8) is 0 Å². The zero-order chi connectivity index (χ0) is 30.1. The number of benzene rings is 1. The maximum atomic E-state index is 13.7. The summed E-state index contributed by atoms with van der Waals surface area (Å²) in [5.41, 5.74) is 8.60. The Morgan fingerprint density at radius 3 is 1.85 bits per heavy atom. The summed E-state index contributed by atoms with van der Waals surface area (Å²) in [6.07, 6.45) is -2.08. The van der Waals surface area contributed by atoms with Gasteiger partial charge in [0.15, 0.2) is 0 Å². The fraction of sp³-hybridized carbons (Fsp3) is 0.600. The molecule has 0 aromatic heterocycles. The van der Waals surface area contributed by atoms with Crippen LogP contribution < -0.4 is 5.73 Å².